The molecule has 1 atom stereocenters. The van der Waals surface area contributed by atoms with Crippen molar-refractivity contribution in [2.24, 2.45) is 11.5 Å². The molecule has 0 saturated heterocycles. The van der Waals surface area contributed by atoms with Crippen molar-refractivity contribution in [1.29, 1.82) is 0 Å². The molecule has 1 aliphatic carbocycles. The molecular weight excluding hydrogens is 336 g/mol. The number of carbonyl (C=O) groups is 3. The third-order valence-corrected chi connectivity index (χ3v) is 4.54. The van der Waals surface area contributed by atoms with Crippen LogP contribution in [0.5, 0.6) is 0 Å². The van der Waals surface area contributed by atoms with Crippen molar-refractivity contribution in [3.63, 3.8) is 0 Å². The topological polar surface area (TPSA) is 133 Å². The first-order valence-electron chi connectivity index (χ1n) is 8.00. The minimum atomic E-state index is -2.50. The SMILES string of the molecule is NC(=O)C[C@](N)(C(=O)O)C(=O)OCC1c2ccccc2-c2ccccc21. The molecule has 2 aromatic carbocycles. The predicted octanol–water partition coefficient (Wildman–Crippen LogP) is 1.000. The van der Waals surface area contributed by atoms with Gasteiger partial charge in [-0.05, 0) is 22.3 Å². The zero-order valence-corrected chi connectivity index (χ0v) is 13.8. The van der Waals surface area contributed by atoms with Gasteiger partial charge >= 0.3 is 11.9 Å². The molecule has 0 unspecified atom stereocenters. The molecule has 1 amide bonds. The summed E-state index contributed by atoms with van der Waals surface area (Å²) in [6, 6.07) is 15.4. The maximum absolute atomic E-state index is 12.3. The Morgan fingerprint density at radius 3 is 1.96 bits per heavy atom. The van der Waals surface area contributed by atoms with E-state index >= 15 is 0 Å². The number of carboxylic acid groups (broad SMARTS) is 1. The molecule has 0 radical (unpaired) electrons. The fraction of sp³-hybridized carbons (Fsp3) is 0.211. The Bertz CT molecular complexity index is 850. The van der Waals surface area contributed by atoms with Crippen LogP contribution in [0.15, 0.2) is 48.5 Å². The summed E-state index contributed by atoms with van der Waals surface area (Å²) in [5, 5.41) is 9.23. The van der Waals surface area contributed by atoms with Gasteiger partial charge in [0.1, 0.15) is 6.61 Å². The minimum Gasteiger partial charge on any atom is -0.479 e. The summed E-state index contributed by atoms with van der Waals surface area (Å²) in [7, 11) is 0. The summed E-state index contributed by atoms with van der Waals surface area (Å²) < 4.78 is 5.21. The van der Waals surface area contributed by atoms with Crippen LogP contribution in [0.1, 0.15) is 23.5 Å². The highest BCUT2D eigenvalue weighted by Gasteiger charge is 2.46. The van der Waals surface area contributed by atoms with Crippen molar-refractivity contribution in [2.75, 3.05) is 6.61 Å². The van der Waals surface area contributed by atoms with E-state index in [-0.39, 0.29) is 12.5 Å². The van der Waals surface area contributed by atoms with E-state index in [0.29, 0.717) is 0 Å². The minimum absolute atomic E-state index is 0.0855. The molecule has 0 heterocycles. The lowest BCUT2D eigenvalue weighted by atomic mass is 9.95. The summed E-state index contributed by atoms with van der Waals surface area (Å²) in [6.45, 7) is -0.0855. The van der Waals surface area contributed by atoms with Crippen LogP contribution in [0.4, 0.5) is 0 Å². The number of hydrogen-bond acceptors (Lipinski definition) is 5. The molecule has 0 aliphatic heterocycles. The number of esters is 1. The van der Waals surface area contributed by atoms with Gasteiger partial charge in [-0.25, -0.2) is 9.59 Å². The zero-order valence-electron chi connectivity index (χ0n) is 13.8. The maximum Gasteiger partial charge on any atom is 0.338 e. The van der Waals surface area contributed by atoms with E-state index in [1.54, 1.807) is 0 Å². The quantitative estimate of drug-likeness (QED) is 0.523. The number of hydrogen-bond donors (Lipinski definition) is 3. The van der Waals surface area contributed by atoms with Gasteiger partial charge in [0.2, 0.25) is 11.4 Å². The van der Waals surface area contributed by atoms with Crippen LogP contribution in [0.2, 0.25) is 0 Å². The second-order valence-electron chi connectivity index (χ2n) is 6.25. The third-order valence-electron chi connectivity index (χ3n) is 4.54. The molecule has 3 rings (SSSR count). The van der Waals surface area contributed by atoms with Gasteiger partial charge in [-0.3, -0.25) is 4.79 Å². The van der Waals surface area contributed by atoms with Gasteiger partial charge in [-0.2, -0.15) is 0 Å². The van der Waals surface area contributed by atoms with E-state index in [4.69, 9.17) is 16.2 Å². The first-order valence-corrected chi connectivity index (χ1v) is 8.00. The van der Waals surface area contributed by atoms with E-state index < -0.39 is 29.8 Å². The number of carboxylic acids is 1. The Labute approximate surface area is 149 Å². The molecule has 7 nitrogen and oxygen atoms in total. The summed E-state index contributed by atoms with van der Waals surface area (Å²) in [6.07, 6.45) is -0.834. The average molecular weight is 354 g/mol. The number of ether oxygens (including phenoxy) is 1. The Balaban J connectivity index is 1.85. The fourth-order valence-electron chi connectivity index (χ4n) is 3.24. The Morgan fingerprint density at radius 1 is 1.00 bits per heavy atom. The maximum atomic E-state index is 12.3. The van der Waals surface area contributed by atoms with E-state index in [0.717, 1.165) is 22.3 Å². The molecule has 7 heteroatoms. The first kappa shape index (κ1) is 17.6. The third kappa shape index (κ3) is 2.93. The Morgan fingerprint density at radius 2 is 1.50 bits per heavy atom. The standard InChI is InChI=1S/C19H18N2O5/c20-16(22)9-19(21,17(23)24)18(25)26-10-15-13-7-3-1-5-11(13)12-6-2-4-8-14(12)15/h1-8,15H,9-10,21H2,(H2,20,22)(H,23,24)/t19-/m0/s1. The van der Waals surface area contributed by atoms with Crippen LogP contribution < -0.4 is 11.5 Å². The number of rotatable bonds is 6. The monoisotopic (exact) mass is 354 g/mol. The van der Waals surface area contributed by atoms with Crippen molar-refractivity contribution in [3.8, 4) is 11.1 Å². The molecule has 0 aromatic heterocycles. The van der Waals surface area contributed by atoms with Gasteiger partial charge in [0.25, 0.3) is 0 Å². The van der Waals surface area contributed by atoms with Crippen LogP contribution in [0.3, 0.4) is 0 Å². The summed E-state index contributed by atoms with van der Waals surface area (Å²) >= 11 is 0. The smallest absolute Gasteiger partial charge is 0.338 e. The molecule has 0 spiro atoms. The van der Waals surface area contributed by atoms with Gasteiger partial charge in [-0.1, -0.05) is 48.5 Å². The first-order chi connectivity index (χ1) is 12.3. The highest BCUT2D eigenvalue weighted by atomic mass is 16.5. The number of amides is 1. The number of primary amides is 1. The molecular formula is C19H18N2O5. The van der Waals surface area contributed by atoms with Gasteiger partial charge < -0.3 is 21.3 Å². The van der Waals surface area contributed by atoms with Gasteiger partial charge in [-0.15, -0.1) is 0 Å². The van der Waals surface area contributed by atoms with Crippen molar-refractivity contribution >= 4 is 17.8 Å². The molecule has 26 heavy (non-hydrogen) atoms. The Hall–Kier alpha value is -3.19. The van der Waals surface area contributed by atoms with Crippen molar-refractivity contribution in [2.45, 2.75) is 17.9 Å². The van der Waals surface area contributed by atoms with Crippen LogP contribution in [0, 0.1) is 0 Å². The molecule has 0 saturated carbocycles. The molecule has 0 fully saturated rings. The second-order valence-corrected chi connectivity index (χ2v) is 6.25. The number of aliphatic carboxylic acids is 1. The summed E-state index contributed by atoms with van der Waals surface area (Å²) in [5.41, 5.74) is 12.1. The van der Waals surface area contributed by atoms with E-state index in [1.807, 2.05) is 48.5 Å². The molecule has 0 bridgehead atoms. The lowest BCUT2D eigenvalue weighted by Crippen LogP contribution is -2.58. The highest BCUT2D eigenvalue weighted by molar-refractivity contribution is 6.07. The highest BCUT2D eigenvalue weighted by Crippen LogP contribution is 2.44. The number of carbonyl (C=O) groups excluding carboxylic acids is 2. The van der Waals surface area contributed by atoms with Crippen molar-refractivity contribution in [1.82, 2.24) is 0 Å². The van der Waals surface area contributed by atoms with Crippen LogP contribution in [-0.4, -0.2) is 35.1 Å². The van der Waals surface area contributed by atoms with Crippen LogP contribution >= 0.6 is 0 Å². The number of benzene rings is 2. The van der Waals surface area contributed by atoms with E-state index in [9.17, 15) is 19.5 Å². The van der Waals surface area contributed by atoms with E-state index in [2.05, 4.69) is 0 Å². The Kier molecular flexibility index (Phi) is 4.48. The lowest BCUT2D eigenvalue weighted by molar-refractivity contribution is -0.162. The normalized spacial score (nSPS) is 14.8. The number of nitrogens with two attached hydrogens (primary N) is 2. The largest absolute Gasteiger partial charge is 0.479 e. The van der Waals surface area contributed by atoms with Crippen molar-refractivity contribution in [3.05, 3.63) is 59.7 Å². The van der Waals surface area contributed by atoms with Gasteiger partial charge in [0, 0.05) is 5.92 Å². The van der Waals surface area contributed by atoms with E-state index in [1.165, 1.54) is 0 Å². The number of fused-ring (bicyclic) bond motifs is 3. The zero-order chi connectivity index (χ0) is 18.9. The van der Waals surface area contributed by atoms with Crippen LogP contribution in [0.25, 0.3) is 11.1 Å². The fourth-order valence-corrected chi connectivity index (χ4v) is 3.24. The summed E-state index contributed by atoms with van der Waals surface area (Å²) in [4.78, 5) is 34.7. The lowest BCUT2D eigenvalue weighted by Gasteiger charge is -2.22. The average Bonchev–Trinajstić information content (AvgIpc) is 2.93. The van der Waals surface area contributed by atoms with Crippen LogP contribution in [-0.2, 0) is 19.1 Å². The van der Waals surface area contributed by atoms with Gasteiger partial charge in [0.15, 0.2) is 0 Å². The molecule has 134 valence electrons. The molecule has 5 N–H and O–H groups in total. The molecule has 1 aliphatic rings. The van der Waals surface area contributed by atoms with Crippen molar-refractivity contribution < 1.29 is 24.2 Å². The predicted molar refractivity (Wildman–Crippen MR) is 93.0 cm³/mol. The molecule has 2 aromatic rings. The van der Waals surface area contributed by atoms with Gasteiger partial charge in [0.05, 0.1) is 6.42 Å². The summed E-state index contributed by atoms with van der Waals surface area (Å²) in [5.74, 6) is -4.08. The second kappa shape index (κ2) is 6.61.